The van der Waals surface area contributed by atoms with Crippen molar-refractivity contribution in [1.29, 1.82) is 0 Å². The molecule has 0 spiro atoms. The Labute approximate surface area is 143 Å². The summed E-state index contributed by atoms with van der Waals surface area (Å²) in [6.45, 7) is 0. The molecule has 0 aliphatic carbocycles. The van der Waals surface area contributed by atoms with E-state index in [9.17, 15) is 9.59 Å². The quantitative estimate of drug-likeness (QED) is 0.633. The van der Waals surface area contributed by atoms with Crippen LogP contribution in [0, 0.1) is 0 Å². The Kier molecular flexibility index (Phi) is 4.44. The van der Waals surface area contributed by atoms with Gasteiger partial charge in [-0.05, 0) is 42.0 Å². The van der Waals surface area contributed by atoms with Gasteiger partial charge in [0.05, 0.1) is 12.7 Å². The highest BCUT2D eigenvalue weighted by Gasteiger charge is 2.24. The van der Waals surface area contributed by atoms with E-state index in [1.165, 1.54) is 13.2 Å². The van der Waals surface area contributed by atoms with E-state index in [-0.39, 0.29) is 11.6 Å². The molecular formula is C18H12ClNO4. The Morgan fingerprint density at radius 2 is 1.88 bits per heavy atom. The number of cyclic esters (lactones) is 1. The molecule has 5 nitrogen and oxygen atoms in total. The molecular weight excluding hydrogens is 330 g/mol. The molecule has 0 fully saturated rings. The third kappa shape index (κ3) is 3.21. The zero-order valence-electron chi connectivity index (χ0n) is 12.7. The molecule has 0 unspecified atom stereocenters. The van der Waals surface area contributed by atoms with Crippen LogP contribution in [0.5, 0.6) is 0 Å². The molecule has 2 aromatic rings. The number of carbonyl (C=O) groups is 2. The Balaban J connectivity index is 1.98. The van der Waals surface area contributed by atoms with Gasteiger partial charge in [-0.2, -0.15) is 0 Å². The van der Waals surface area contributed by atoms with Gasteiger partial charge in [-0.1, -0.05) is 29.8 Å². The smallest absolute Gasteiger partial charge is 0.363 e. The normalized spacial score (nSPS) is 15.2. The minimum Gasteiger partial charge on any atom is -0.465 e. The predicted molar refractivity (Wildman–Crippen MR) is 89.8 cm³/mol. The Hall–Kier alpha value is -2.92. The molecule has 1 aliphatic heterocycles. The minimum absolute atomic E-state index is 0.108. The number of benzene rings is 2. The van der Waals surface area contributed by atoms with Gasteiger partial charge in [0.25, 0.3) is 0 Å². The largest absolute Gasteiger partial charge is 0.465 e. The molecule has 120 valence electrons. The second kappa shape index (κ2) is 6.68. The average Bonchev–Trinajstić information content (AvgIpc) is 2.96. The number of halogens is 1. The number of ether oxygens (including phenoxy) is 2. The zero-order valence-corrected chi connectivity index (χ0v) is 13.4. The number of nitrogens with zero attached hydrogens (tertiary/aromatic N) is 1. The number of carbonyl (C=O) groups excluding carboxylic acids is 2. The summed E-state index contributed by atoms with van der Waals surface area (Å²) in [7, 11) is 1.30. The van der Waals surface area contributed by atoms with Crippen molar-refractivity contribution >= 4 is 35.5 Å². The van der Waals surface area contributed by atoms with E-state index >= 15 is 0 Å². The number of hydrogen-bond donors (Lipinski definition) is 0. The molecule has 0 atom stereocenters. The fourth-order valence-corrected chi connectivity index (χ4v) is 2.32. The van der Waals surface area contributed by atoms with Crippen LogP contribution < -0.4 is 0 Å². The lowest BCUT2D eigenvalue weighted by molar-refractivity contribution is -0.129. The van der Waals surface area contributed by atoms with Gasteiger partial charge in [-0.3, -0.25) is 0 Å². The molecule has 1 aliphatic rings. The molecule has 24 heavy (non-hydrogen) atoms. The highest BCUT2D eigenvalue weighted by molar-refractivity contribution is 6.30. The van der Waals surface area contributed by atoms with Gasteiger partial charge in [0.2, 0.25) is 5.90 Å². The number of esters is 2. The average molecular weight is 342 g/mol. The van der Waals surface area contributed by atoms with Crippen LogP contribution >= 0.6 is 11.6 Å². The molecule has 0 N–H and O–H groups in total. The first kappa shape index (κ1) is 16.0. The van der Waals surface area contributed by atoms with Gasteiger partial charge >= 0.3 is 11.9 Å². The van der Waals surface area contributed by atoms with Crippen molar-refractivity contribution in [2.24, 2.45) is 4.99 Å². The molecule has 0 aromatic heterocycles. The van der Waals surface area contributed by atoms with Crippen LogP contribution in [0.2, 0.25) is 5.02 Å². The van der Waals surface area contributed by atoms with E-state index in [2.05, 4.69) is 4.99 Å². The van der Waals surface area contributed by atoms with Gasteiger partial charge in [0.1, 0.15) is 0 Å². The SMILES string of the molecule is COC(=O)c1ccccc1C=C1N=C(c2ccc(Cl)cc2)OC1=O. The fourth-order valence-electron chi connectivity index (χ4n) is 2.19. The lowest BCUT2D eigenvalue weighted by atomic mass is 10.1. The molecule has 0 amide bonds. The third-order valence-electron chi connectivity index (χ3n) is 3.37. The van der Waals surface area contributed by atoms with Crippen molar-refractivity contribution in [2.45, 2.75) is 0 Å². The van der Waals surface area contributed by atoms with E-state index in [0.717, 1.165) is 0 Å². The van der Waals surface area contributed by atoms with Crippen LogP contribution in [0.1, 0.15) is 21.5 Å². The van der Waals surface area contributed by atoms with Crippen molar-refractivity contribution in [2.75, 3.05) is 7.11 Å². The lowest BCUT2D eigenvalue weighted by Crippen LogP contribution is -2.06. The van der Waals surface area contributed by atoms with Gasteiger partial charge < -0.3 is 9.47 Å². The molecule has 3 rings (SSSR count). The Morgan fingerprint density at radius 3 is 2.58 bits per heavy atom. The number of rotatable bonds is 3. The summed E-state index contributed by atoms with van der Waals surface area (Å²) < 4.78 is 9.92. The molecule has 6 heteroatoms. The standard InChI is InChI=1S/C18H12ClNO4/c1-23-17(21)14-5-3-2-4-12(14)10-15-18(22)24-16(20-15)11-6-8-13(19)9-7-11/h2-10H,1H3. The monoisotopic (exact) mass is 341 g/mol. The van der Waals surface area contributed by atoms with Crippen LogP contribution in [-0.2, 0) is 14.3 Å². The van der Waals surface area contributed by atoms with E-state index in [4.69, 9.17) is 21.1 Å². The summed E-state index contributed by atoms with van der Waals surface area (Å²) in [6, 6.07) is 13.6. The van der Waals surface area contributed by atoms with Crippen LogP contribution in [0.25, 0.3) is 6.08 Å². The molecule has 1 heterocycles. The zero-order chi connectivity index (χ0) is 17.1. The highest BCUT2D eigenvalue weighted by atomic mass is 35.5. The molecule has 2 aromatic carbocycles. The van der Waals surface area contributed by atoms with Gasteiger partial charge in [-0.15, -0.1) is 0 Å². The Morgan fingerprint density at radius 1 is 1.17 bits per heavy atom. The second-order valence-electron chi connectivity index (χ2n) is 4.92. The van der Waals surface area contributed by atoms with Gasteiger partial charge in [0.15, 0.2) is 5.70 Å². The van der Waals surface area contributed by atoms with Gasteiger partial charge in [0, 0.05) is 10.6 Å². The minimum atomic E-state index is -0.584. The van der Waals surface area contributed by atoms with Crippen molar-refractivity contribution < 1.29 is 19.1 Å². The fraction of sp³-hybridized carbons (Fsp3) is 0.0556. The lowest BCUT2D eigenvalue weighted by Gasteiger charge is -2.03. The first-order valence-corrected chi connectivity index (χ1v) is 7.42. The second-order valence-corrected chi connectivity index (χ2v) is 5.36. The summed E-state index contributed by atoms with van der Waals surface area (Å²) in [4.78, 5) is 28.0. The van der Waals surface area contributed by atoms with Crippen LogP contribution in [0.15, 0.2) is 59.2 Å². The first-order chi connectivity index (χ1) is 11.6. The third-order valence-corrected chi connectivity index (χ3v) is 3.62. The van der Waals surface area contributed by atoms with E-state index < -0.39 is 11.9 Å². The van der Waals surface area contributed by atoms with E-state index in [0.29, 0.717) is 21.7 Å². The molecule has 0 saturated heterocycles. The van der Waals surface area contributed by atoms with Gasteiger partial charge in [-0.25, -0.2) is 14.6 Å². The predicted octanol–water partition coefficient (Wildman–Crippen LogP) is 3.47. The van der Waals surface area contributed by atoms with Crippen molar-refractivity contribution in [3.63, 3.8) is 0 Å². The molecule has 0 saturated carbocycles. The Bertz CT molecular complexity index is 869. The molecule has 0 radical (unpaired) electrons. The van der Waals surface area contributed by atoms with Crippen LogP contribution in [-0.4, -0.2) is 24.9 Å². The maximum Gasteiger partial charge on any atom is 0.363 e. The topological polar surface area (TPSA) is 65.0 Å². The van der Waals surface area contributed by atoms with Crippen LogP contribution in [0.4, 0.5) is 0 Å². The van der Waals surface area contributed by atoms with Crippen molar-refractivity contribution in [3.8, 4) is 0 Å². The van der Waals surface area contributed by atoms with Crippen LogP contribution in [0.3, 0.4) is 0 Å². The maximum absolute atomic E-state index is 12.0. The maximum atomic E-state index is 12.0. The van der Waals surface area contributed by atoms with Crippen molar-refractivity contribution in [1.82, 2.24) is 0 Å². The number of hydrogen-bond acceptors (Lipinski definition) is 5. The van der Waals surface area contributed by atoms with Crippen molar-refractivity contribution in [3.05, 3.63) is 75.9 Å². The number of aliphatic imine (C=N–C) groups is 1. The molecule has 0 bridgehead atoms. The summed E-state index contributed by atoms with van der Waals surface area (Å²) in [5.41, 5.74) is 1.61. The summed E-state index contributed by atoms with van der Waals surface area (Å²) in [5.74, 6) is -0.881. The highest BCUT2D eigenvalue weighted by Crippen LogP contribution is 2.22. The number of methoxy groups -OCH3 is 1. The summed E-state index contributed by atoms with van der Waals surface area (Å²) in [6.07, 6.45) is 1.50. The van der Waals surface area contributed by atoms with E-state index in [1.54, 1.807) is 48.5 Å². The summed E-state index contributed by atoms with van der Waals surface area (Å²) >= 11 is 5.84. The van der Waals surface area contributed by atoms with E-state index in [1.807, 2.05) is 0 Å². The first-order valence-electron chi connectivity index (χ1n) is 7.04. The summed E-state index contributed by atoms with van der Waals surface area (Å²) in [5, 5.41) is 0.575.